The molecule has 0 unspecified atom stereocenters. The molecule has 2 aromatic carbocycles. The van der Waals surface area contributed by atoms with E-state index in [1.165, 1.54) is 22.3 Å². The Morgan fingerprint density at radius 2 is 1.84 bits per heavy atom. The van der Waals surface area contributed by atoms with Gasteiger partial charge in [-0.25, -0.2) is 0 Å². The van der Waals surface area contributed by atoms with Crippen LogP contribution < -0.4 is 4.90 Å². The summed E-state index contributed by atoms with van der Waals surface area (Å²) in [4.78, 5) is 19.0. The number of phenolic OH excluding ortho intramolecular Hbond substituents is 1. The van der Waals surface area contributed by atoms with Crippen LogP contribution in [0.5, 0.6) is 5.75 Å². The standard InChI is InChI=1S/C24H19F3N2O2S/c25-24(26,27)10-9-23(31)29(15-19-12-17-4-1-2-6-22(17)32-19)20-13-16(7-8-21(20)30)18-5-3-11-28-14-18/h1-8,11-14,30H,9-10,15H2. The molecule has 164 valence electrons. The molecule has 8 heteroatoms. The third-order valence-corrected chi connectivity index (χ3v) is 6.08. The summed E-state index contributed by atoms with van der Waals surface area (Å²) in [7, 11) is 0. The molecule has 32 heavy (non-hydrogen) atoms. The van der Waals surface area contributed by atoms with E-state index in [4.69, 9.17) is 0 Å². The highest BCUT2D eigenvalue weighted by atomic mass is 32.1. The van der Waals surface area contributed by atoms with Gasteiger partial charge in [0.15, 0.2) is 0 Å². The van der Waals surface area contributed by atoms with Gasteiger partial charge in [0.1, 0.15) is 5.75 Å². The van der Waals surface area contributed by atoms with Gasteiger partial charge in [0, 0.05) is 34.0 Å². The van der Waals surface area contributed by atoms with E-state index in [-0.39, 0.29) is 18.0 Å². The first-order chi connectivity index (χ1) is 15.3. The van der Waals surface area contributed by atoms with E-state index in [0.717, 1.165) is 20.5 Å². The van der Waals surface area contributed by atoms with E-state index < -0.39 is 24.9 Å². The Balaban J connectivity index is 1.72. The van der Waals surface area contributed by atoms with Crippen LogP contribution in [0.3, 0.4) is 0 Å². The molecule has 0 spiro atoms. The summed E-state index contributed by atoms with van der Waals surface area (Å²) < 4.78 is 39.4. The maximum atomic E-state index is 12.9. The molecular weight excluding hydrogens is 437 g/mol. The molecule has 1 N–H and O–H groups in total. The molecule has 4 aromatic rings. The summed E-state index contributed by atoms with van der Waals surface area (Å²) >= 11 is 1.46. The van der Waals surface area contributed by atoms with Gasteiger partial charge in [0.05, 0.1) is 18.7 Å². The fourth-order valence-electron chi connectivity index (χ4n) is 3.41. The highest BCUT2D eigenvalue weighted by Crippen LogP contribution is 2.36. The Hall–Kier alpha value is -3.39. The first-order valence-corrected chi connectivity index (χ1v) is 10.7. The molecular formula is C24H19F3N2O2S. The number of rotatable bonds is 6. The minimum Gasteiger partial charge on any atom is -0.506 e. The number of pyridine rings is 1. The van der Waals surface area contributed by atoms with E-state index in [1.54, 1.807) is 30.6 Å². The quantitative estimate of drug-likeness (QED) is 0.358. The van der Waals surface area contributed by atoms with Gasteiger partial charge in [-0.15, -0.1) is 11.3 Å². The number of thiophene rings is 1. The van der Waals surface area contributed by atoms with Gasteiger partial charge in [-0.3, -0.25) is 9.78 Å². The van der Waals surface area contributed by atoms with E-state index in [0.29, 0.717) is 5.56 Å². The number of nitrogens with zero attached hydrogens (tertiary/aromatic N) is 2. The number of aromatic hydroxyl groups is 1. The van der Waals surface area contributed by atoms with Crippen LogP contribution in [-0.2, 0) is 11.3 Å². The molecule has 4 rings (SSSR count). The fraction of sp³-hybridized carbons (Fsp3) is 0.167. The van der Waals surface area contributed by atoms with Crippen LogP contribution >= 0.6 is 11.3 Å². The second-order valence-electron chi connectivity index (χ2n) is 7.29. The van der Waals surface area contributed by atoms with Crippen LogP contribution in [0.4, 0.5) is 18.9 Å². The summed E-state index contributed by atoms with van der Waals surface area (Å²) in [5.74, 6) is -0.891. The van der Waals surface area contributed by atoms with E-state index in [2.05, 4.69) is 4.98 Å². The van der Waals surface area contributed by atoms with Crippen LogP contribution in [0.25, 0.3) is 21.2 Å². The maximum Gasteiger partial charge on any atom is 0.389 e. The topological polar surface area (TPSA) is 53.4 Å². The second kappa shape index (κ2) is 9.00. The number of phenols is 1. The smallest absolute Gasteiger partial charge is 0.389 e. The third kappa shape index (κ3) is 5.08. The number of carbonyl (C=O) groups excluding carboxylic acids is 1. The second-order valence-corrected chi connectivity index (χ2v) is 8.46. The van der Waals surface area contributed by atoms with E-state index in [1.807, 2.05) is 36.4 Å². The number of benzene rings is 2. The molecule has 0 radical (unpaired) electrons. The van der Waals surface area contributed by atoms with E-state index >= 15 is 0 Å². The molecule has 0 aliphatic rings. The van der Waals surface area contributed by atoms with Crippen molar-refractivity contribution < 1.29 is 23.1 Å². The van der Waals surface area contributed by atoms with Crippen LogP contribution in [0, 0.1) is 0 Å². The lowest BCUT2D eigenvalue weighted by Crippen LogP contribution is -2.31. The van der Waals surface area contributed by atoms with Gasteiger partial charge in [0.25, 0.3) is 0 Å². The number of aromatic nitrogens is 1. The van der Waals surface area contributed by atoms with Gasteiger partial charge in [0.2, 0.25) is 5.91 Å². The lowest BCUT2D eigenvalue weighted by molar-refractivity contribution is -0.143. The number of amides is 1. The summed E-state index contributed by atoms with van der Waals surface area (Å²) in [6.45, 7) is 0.0556. The van der Waals surface area contributed by atoms with Gasteiger partial charge in [-0.1, -0.05) is 30.3 Å². The zero-order valence-corrected chi connectivity index (χ0v) is 17.7. The molecule has 0 bridgehead atoms. The highest BCUT2D eigenvalue weighted by Gasteiger charge is 2.30. The monoisotopic (exact) mass is 456 g/mol. The molecule has 0 aliphatic carbocycles. The van der Waals surface area contributed by atoms with Crippen molar-refractivity contribution in [2.45, 2.75) is 25.6 Å². The van der Waals surface area contributed by atoms with Crippen molar-refractivity contribution in [2.75, 3.05) is 4.90 Å². The Bertz CT molecular complexity index is 1210. The molecule has 0 atom stereocenters. The number of hydrogen-bond donors (Lipinski definition) is 1. The van der Waals surface area contributed by atoms with Gasteiger partial charge in [-0.05, 0) is 41.3 Å². The van der Waals surface area contributed by atoms with Crippen molar-refractivity contribution >= 4 is 33.0 Å². The van der Waals surface area contributed by atoms with Gasteiger partial charge in [-0.2, -0.15) is 13.2 Å². The van der Waals surface area contributed by atoms with Crippen molar-refractivity contribution in [3.8, 4) is 16.9 Å². The predicted octanol–water partition coefficient (Wildman–Crippen LogP) is 6.54. The maximum absolute atomic E-state index is 12.9. The van der Waals surface area contributed by atoms with Crippen molar-refractivity contribution in [3.05, 3.63) is 77.9 Å². The third-order valence-electron chi connectivity index (χ3n) is 4.97. The van der Waals surface area contributed by atoms with Crippen molar-refractivity contribution in [2.24, 2.45) is 0 Å². The first kappa shape index (κ1) is 21.8. The minimum atomic E-state index is -4.45. The lowest BCUT2D eigenvalue weighted by Gasteiger charge is -2.24. The van der Waals surface area contributed by atoms with Crippen LogP contribution in [0.15, 0.2) is 73.1 Å². The molecule has 1 amide bonds. The number of anilines is 1. The highest BCUT2D eigenvalue weighted by molar-refractivity contribution is 7.19. The first-order valence-electron chi connectivity index (χ1n) is 9.88. The Morgan fingerprint density at radius 1 is 1.03 bits per heavy atom. The average molecular weight is 456 g/mol. The molecule has 4 nitrogen and oxygen atoms in total. The molecule has 0 saturated carbocycles. The number of fused-ring (bicyclic) bond motifs is 1. The van der Waals surface area contributed by atoms with Crippen LogP contribution in [-0.4, -0.2) is 22.2 Å². The van der Waals surface area contributed by atoms with Crippen LogP contribution in [0.2, 0.25) is 0 Å². The summed E-state index contributed by atoms with van der Waals surface area (Å²) in [5.41, 5.74) is 1.62. The molecule has 2 aromatic heterocycles. The molecule has 0 saturated heterocycles. The van der Waals surface area contributed by atoms with E-state index in [9.17, 15) is 23.1 Å². The Kier molecular flexibility index (Phi) is 6.14. The predicted molar refractivity (Wildman–Crippen MR) is 120 cm³/mol. The molecule has 0 fully saturated rings. The molecule has 2 heterocycles. The van der Waals surface area contributed by atoms with Crippen molar-refractivity contribution in [1.82, 2.24) is 4.98 Å². The SMILES string of the molecule is O=C(CCC(F)(F)F)N(Cc1cc2ccccc2s1)c1cc(-c2cccnc2)ccc1O. The number of alkyl halides is 3. The minimum absolute atomic E-state index is 0.0556. The zero-order valence-electron chi connectivity index (χ0n) is 16.8. The Labute approximate surface area is 186 Å². The van der Waals surface area contributed by atoms with Gasteiger partial charge < -0.3 is 10.0 Å². The largest absolute Gasteiger partial charge is 0.506 e. The summed E-state index contributed by atoms with van der Waals surface area (Å²) in [5, 5.41) is 11.5. The van der Waals surface area contributed by atoms with Crippen molar-refractivity contribution in [3.63, 3.8) is 0 Å². The fourth-order valence-corrected chi connectivity index (χ4v) is 4.47. The zero-order chi connectivity index (χ0) is 22.7. The number of halogens is 3. The normalized spacial score (nSPS) is 11.6. The molecule has 0 aliphatic heterocycles. The lowest BCUT2D eigenvalue weighted by atomic mass is 10.1. The Morgan fingerprint density at radius 3 is 2.56 bits per heavy atom. The van der Waals surface area contributed by atoms with Crippen molar-refractivity contribution in [1.29, 1.82) is 0 Å². The van der Waals surface area contributed by atoms with Gasteiger partial charge >= 0.3 is 6.18 Å². The van der Waals surface area contributed by atoms with Crippen LogP contribution in [0.1, 0.15) is 17.7 Å². The average Bonchev–Trinajstić information content (AvgIpc) is 3.19. The number of carbonyl (C=O) groups is 1. The summed E-state index contributed by atoms with van der Waals surface area (Å²) in [6, 6.07) is 17.9. The number of hydrogen-bond acceptors (Lipinski definition) is 4. The summed E-state index contributed by atoms with van der Waals surface area (Å²) in [6.07, 6.45) is -3.11.